The van der Waals surface area contributed by atoms with E-state index in [0.717, 1.165) is 23.4 Å². The standard InChI is InChI=1S/C21H24N2O2/c1-21(2)19(12-15-7-9-18(25-3)10-8-15)23-14-16(20(21)24)13-17-6-4-5-11-22-17/h4-11,13,19,23H,12,14H2,1-3H3. The summed E-state index contributed by atoms with van der Waals surface area (Å²) < 4.78 is 5.20. The van der Waals surface area contributed by atoms with E-state index < -0.39 is 5.41 Å². The second kappa shape index (κ2) is 7.19. The van der Waals surface area contributed by atoms with Crippen LogP contribution in [-0.4, -0.2) is 30.5 Å². The molecule has 1 saturated heterocycles. The molecule has 1 unspecified atom stereocenters. The van der Waals surface area contributed by atoms with E-state index in [4.69, 9.17) is 4.74 Å². The number of carbonyl (C=O) groups excluding carboxylic acids is 1. The molecular formula is C21H24N2O2. The number of rotatable bonds is 4. The summed E-state index contributed by atoms with van der Waals surface area (Å²) in [6.45, 7) is 4.60. The Hall–Kier alpha value is -2.46. The smallest absolute Gasteiger partial charge is 0.167 e. The van der Waals surface area contributed by atoms with Gasteiger partial charge in [0.2, 0.25) is 0 Å². The van der Waals surface area contributed by atoms with Crippen molar-refractivity contribution in [3.05, 3.63) is 65.5 Å². The number of piperidine rings is 1. The second-order valence-corrected chi connectivity index (χ2v) is 6.96. The molecule has 0 aliphatic carbocycles. The number of hydrogen-bond acceptors (Lipinski definition) is 4. The first-order valence-corrected chi connectivity index (χ1v) is 8.53. The number of Topliss-reactive ketones (excluding diaryl/α,β-unsaturated/α-hetero) is 1. The van der Waals surface area contributed by atoms with Gasteiger partial charge < -0.3 is 10.1 Å². The lowest BCUT2D eigenvalue weighted by Gasteiger charge is -2.39. The van der Waals surface area contributed by atoms with E-state index >= 15 is 0 Å². The third-order valence-electron chi connectivity index (χ3n) is 4.90. The second-order valence-electron chi connectivity index (χ2n) is 6.96. The van der Waals surface area contributed by atoms with Crippen LogP contribution in [-0.2, 0) is 11.2 Å². The highest BCUT2D eigenvalue weighted by atomic mass is 16.5. The van der Waals surface area contributed by atoms with Crippen molar-refractivity contribution in [3.8, 4) is 5.75 Å². The molecule has 0 saturated carbocycles. The molecule has 1 fully saturated rings. The fourth-order valence-corrected chi connectivity index (χ4v) is 3.22. The van der Waals surface area contributed by atoms with E-state index in [1.807, 2.05) is 50.3 Å². The first kappa shape index (κ1) is 17.4. The maximum absolute atomic E-state index is 13.0. The average molecular weight is 336 g/mol. The molecule has 0 radical (unpaired) electrons. The number of aromatic nitrogens is 1. The van der Waals surface area contributed by atoms with Crippen LogP contribution in [0, 0.1) is 5.41 Å². The van der Waals surface area contributed by atoms with Crippen LogP contribution >= 0.6 is 0 Å². The lowest BCUT2D eigenvalue weighted by atomic mass is 9.72. The highest BCUT2D eigenvalue weighted by Gasteiger charge is 2.41. The van der Waals surface area contributed by atoms with Gasteiger partial charge in [0, 0.05) is 29.8 Å². The normalized spacial score (nSPS) is 21.3. The quantitative estimate of drug-likeness (QED) is 0.871. The Morgan fingerprint density at radius 2 is 2.00 bits per heavy atom. The van der Waals surface area contributed by atoms with Crippen molar-refractivity contribution in [1.82, 2.24) is 10.3 Å². The van der Waals surface area contributed by atoms with Gasteiger partial charge in [0.05, 0.1) is 12.8 Å². The molecule has 1 aliphatic rings. The number of hydrogen-bond donors (Lipinski definition) is 1. The summed E-state index contributed by atoms with van der Waals surface area (Å²) in [5.74, 6) is 1.03. The van der Waals surface area contributed by atoms with Gasteiger partial charge in [0.15, 0.2) is 5.78 Å². The Bertz CT molecular complexity index is 764. The van der Waals surface area contributed by atoms with Crippen LogP contribution < -0.4 is 10.1 Å². The minimum absolute atomic E-state index is 0.0919. The first-order chi connectivity index (χ1) is 12.0. The fraction of sp³-hybridized carbons (Fsp3) is 0.333. The molecule has 0 bridgehead atoms. The molecule has 0 amide bonds. The summed E-state index contributed by atoms with van der Waals surface area (Å²) in [6, 6.07) is 13.8. The molecule has 1 aliphatic heterocycles. The van der Waals surface area contributed by atoms with Crippen LogP contribution in [0.2, 0.25) is 0 Å². The number of pyridine rings is 1. The maximum Gasteiger partial charge on any atom is 0.167 e. The van der Waals surface area contributed by atoms with E-state index in [1.54, 1.807) is 13.3 Å². The summed E-state index contributed by atoms with van der Waals surface area (Å²) in [6.07, 6.45) is 4.44. The van der Waals surface area contributed by atoms with Gasteiger partial charge in [0.1, 0.15) is 5.75 Å². The van der Waals surface area contributed by atoms with Crippen molar-refractivity contribution in [2.45, 2.75) is 26.3 Å². The number of ketones is 1. The highest BCUT2D eigenvalue weighted by Crippen LogP contribution is 2.32. The summed E-state index contributed by atoms with van der Waals surface area (Å²) in [5, 5.41) is 3.54. The van der Waals surface area contributed by atoms with Gasteiger partial charge in [0.25, 0.3) is 0 Å². The first-order valence-electron chi connectivity index (χ1n) is 8.53. The molecule has 0 spiro atoms. The molecular weight excluding hydrogens is 312 g/mol. The third kappa shape index (κ3) is 3.80. The van der Waals surface area contributed by atoms with Crippen molar-refractivity contribution in [3.63, 3.8) is 0 Å². The Balaban J connectivity index is 1.76. The van der Waals surface area contributed by atoms with E-state index in [1.165, 1.54) is 5.56 Å². The molecule has 4 nitrogen and oxygen atoms in total. The van der Waals surface area contributed by atoms with Crippen LogP contribution in [0.1, 0.15) is 25.1 Å². The minimum atomic E-state index is -0.473. The Labute approximate surface area is 148 Å². The van der Waals surface area contributed by atoms with Crippen molar-refractivity contribution >= 4 is 11.9 Å². The lowest BCUT2D eigenvalue weighted by Crippen LogP contribution is -2.54. The van der Waals surface area contributed by atoms with Crippen LogP contribution in [0.25, 0.3) is 6.08 Å². The van der Waals surface area contributed by atoms with E-state index in [9.17, 15) is 4.79 Å². The van der Waals surface area contributed by atoms with Crippen LogP contribution in [0.5, 0.6) is 5.75 Å². The van der Waals surface area contributed by atoms with Gasteiger partial charge in [-0.25, -0.2) is 0 Å². The monoisotopic (exact) mass is 336 g/mol. The van der Waals surface area contributed by atoms with Crippen LogP contribution in [0.4, 0.5) is 0 Å². The van der Waals surface area contributed by atoms with Gasteiger partial charge in [-0.1, -0.05) is 32.0 Å². The maximum atomic E-state index is 13.0. The van der Waals surface area contributed by atoms with Gasteiger partial charge in [-0.3, -0.25) is 9.78 Å². The summed E-state index contributed by atoms with van der Waals surface area (Å²) in [5.41, 5.74) is 2.32. The predicted octanol–water partition coefficient (Wildman–Crippen LogP) is 3.28. The molecule has 3 rings (SSSR count). The molecule has 25 heavy (non-hydrogen) atoms. The van der Waals surface area contributed by atoms with Crippen molar-refractivity contribution < 1.29 is 9.53 Å². The SMILES string of the molecule is COc1ccc(CC2NCC(=Cc3ccccn3)C(=O)C2(C)C)cc1. The van der Waals surface area contributed by atoms with E-state index in [2.05, 4.69) is 22.4 Å². The molecule has 4 heteroatoms. The molecule has 2 aromatic rings. The average Bonchev–Trinajstić information content (AvgIpc) is 2.63. The predicted molar refractivity (Wildman–Crippen MR) is 99.5 cm³/mol. The number of carbonyl (C=O) groups is 1. The largest absolute Gasteiger partial charge is 0.497 e. The highest BCUT2D eigenvalue weighted by molar-refractivity contribution is 6.04. The fourth-order valence-electron chi connectivity index (χ4n) is 3.22. The molecule has 1 atom stereocenters. The minimum Gasteiger partial charge on any atom is -0.497 e. The topological polar surface area (TPSA) is 51.2 Å². The Morgan fingerprint density at radius 3 is 2.64 bits per heavy atom. The Kier molecular flexibility index (Phi) is 5.00. The number of ether oxygens (including phenoxy) is 1. The lowest BCUT2D eigenvalue weighted by molar-refractivity contribution is -0.126. The molecule has 1 aromatic carbocycles. The zero-order valence-electron chi connectivity index (χ0n) is 15.0. The van der Waals surface area contributed by atoms with E-state index in [0.29, 0.717) is 6.54 Å². The molecule has 2 heterocycles. The Morgan fingerprint density at radius 1 is 1.24 bits per heavy atom. The number of nitrogens with one attached hydrogen (secondary N) is 1. The van der Waals surface area contributed by atoms with Crippen LogP contribution in [0.15, 0.2) is 54.2 Å². The van der Waals surface area contributed by atoms with Crippen molar-refractivity contribution in [1.29, 1.82) is 0 Å². The van der Waals surface area contributed by atoms with Crippen molar-refractivity contribution in [2.75, 3.05) is 13.7 Å². The summed E-state index contributed by atoms with van der Waals surface area (Å²) >= 11 is 0. The van der Waals surface area contributed by atoms with Crippen LogP contribution in [0.3, 0.4) is 0 Å². The third-order valence-corrected chi connectivity index (χ3v) is 4.90. The number of nitrogens with zero attached hydrogens (tertiary/aromatic N) is 1. The van der Waals surface area contributed by atoms with Gasteiger partial charge >= 0.3 is 0 Å². The van der Waals surface area contributed by atoms with Gasteiger partial charge in [-0.05, 0) is 42.3 Å². The number of methoxy groups -OCH3 is 1. The molecule has 1 aromatic heterocycles. The molecule has 1 N–H and O–H groups in total. The van der Waals surface area contributed by atoms with Gasteiger partial charge in [-0.2, -0.15) is 0 Å². The summed E-state index contributed by atoms with van der Waals surface area (Å²) in [4.78, 5) is 17.3. The molecule has 130 valence electrons. The zero-order valence-corrected chi connectivity index (χ0v) is 15.0. The van der Waals surface area contributed by atoms with Crippen molar-refractivity contribution in [2.24, 2.45) is 5.41 Å². The van der Waals surface area contributed by atoms with E-state index in [-0.39, 0.29) is 11.8 Å². The zero-order chi connectivity index (χ0) is 17.9. The summed E-state index contributed by atoms with van der Waals surface area (Å²) in [7, 11) is 1.66. The number of benzene rings is 1. The van der Waals surface area contributed by atoms with Gasteiger partial charge in [-0.15, -0.1) is 0 Å².